The van der Waals surface area contributed by atoms with E-state index in [0.717, 1.165) is 55.8 Å². The fraction of sp³-hybridized carbons (Fsp3) is 0.556. The molecule has 2 aromatic rings. The zero-order chi connectivity index (χ0) is 17.8. The molecule has 7 nitrogen and oxygen atoms in total. The van der Waals surface area contributed by atoms with Gasteiger partial charge in [0, 0.05) is 58.1 Å². The number of aromatic nitrogens is 4. The Bertz CT molecular complexity index is 687. The monoisotopic (exact) mass is 341 g/mol. The fourth-order valence-electron chi connectivity index (χ4n) is 3.14. The van der Waals surface area contributed by atoms with Crippen LogP contribution in [0, 0.1) is 0 Å². The van der Waals surface area contributed by atoms with E-state index in [4.69, 9.17) is 9.97 Å². The Labute approximate surface area is 149 Å². The van der Waals surface area contributed by atoms with E-state index in [1.54, 1.807) is 12.4 Å². The third kappa shape index (κ3) is 4.42. The molecule has 1 aliphatic heterocycles. The largest absolute Gasteiger partial charge is 0.363 e. The molecule has 0 amide bonds. The molecule has 0 aliphatic carbocycles. The normalized spacial score (nSPS) is 17.8. The fourth-order valence-corrected chi connectivity index (χ4v) is 3.14. The Hall–Kier alpha value is -2.28. The number of piperidine rings is 1. The number of nitrogens with zero attached hydrogens (tertiary/aromatic N) is 7. The van der Waals surface area contributed by atoms with Crippen LogP contribution in [0.25, 0.3) is 0 Å². The van der Waals surface area contributed by atoms with Crippen molar-refractivity contribution in [1.82, 2.24) is 24.8 Å². The van der Waals surface area contributed by atoms with Crippen LogP contribution in [0.2, 0.25) is 0 Å². The summed E-state index contributed by atoms with van der Waals surface area (Å²) in [4.78, 5) is 24.9. The number of anilines is 2. The van der Waals surface area contributed by atoms with Gasteiger partial charge in [-0.3, -0.25) is 0 Å². The van der Waals surface area contributed by atoms with Crippen molar-refractivity contribution < 1.29 is 0 Å². The first-order chi connectivity index (χ1) is 12.0. The summed E-state index contributed by atoms with van der Waals surface area (Å²) >= 11 is 0. The first kappa shape index (κ1) is 17.5. The second kappa shape index (κ2) is 7.74. The summed E-state index contributed by atoms with van der Waals surface area (Å²) in [7, 11) is 8.17. The van der Waals surface area contributed by atoms with Gasteiger partial charge in [0.2, 0.25) is 5.95 Å². The predicted molar refractivity (Wildman–Crippen MR) is 100.0 cm³/mol. The molecular formula is C18H27N7. The van der Waals surface area contributed by atoms with Crippen molar-refractivity contribution >= 4 is 11.8 Å². The third-order valence-corrected chi connectivity index (χ3v) is 4.34. The molecule has 1 fully saturated rings. The summed E-state index contributed by atoms with van der Waals surface area (Å²) in [5, 5.41) is 0. The van der Waals surface area contributed by atoms with Gasteiger partial charge < -0.3 is 14.7 Å². The summed E-state index contributed by atoms with van der Waals surface area (Å²) in [6, 6.07) is 3.92. The van der Waals surface area contributed by atoms with Crippen LogP contribution in [-0.4, -0.2) is 66.1 Å². The molecule has 0 unspecified atom stereocenters. The van der Waals surface area contributed by atoms with Crippen molar-refractivity contribution in [3.05, 3.63) is 36.0 Å². The number of hydrogen-bond donors (Lipinski definition) is 0. The molecule has 0 N–H and O–H groups in total. The van der Waals surface area contributed by atoms with Crippen molar-refractivity contribution in [3.63, 3.8) is 0 Å². The smallest absolute Gasteiger partial charge is 0.225 e. The van der Waals surface area contributed by atoms with Gasteiger partial charge in [0.25, 0.3) is 0 Å². The van der Waals surface area contributed by atoms with Crippen LogP contribution >= 0.6 is 0 Å². The Balaban J connectivity index is 1.85. The molecule has 0 radical (unpaired) electrons. The molecular weight excluding hydrogens is 314 g/mol. The maximum absolute atomic E-state index is 4.86. The van der Waals surface area contributed by atoms with E-state index in [-0.39, 0.29) is 0 Å². The first-order valence-corrected chi connectivity index (χ1v) is 8.75. The third-order valence-electron chi connectivity index (χ3n) is 4.34. The summed E-state index contributed by atoms with van der Waals surface area (Å²) < 4.78 is 0. The van der Waals surface area contributed by atoms with E-state index < -0.39 is 0 Å². The van der Waals surface area contributed by atoms with Crippen LogP contribution in [0.1, 0.15) is 30.3 Å². The molecule has 25 heavy (non-hydrogen) atoms. The molecule has 1 atom stereocenters. The second-order valence-corrected chi connectivity index (χ2v) is 7.04. The molecule has 1 aliphatic rings. The van der Waals surface area contributed by atoms with E-state index in [1.807, 2.05) is 25.1 Å². The summed E-state index contributed by atoms with van der Waals surface area (Å²) in [5.74, 6) is 3.00. The molecule has 3 heterocycles. The Morgan fingerprint density at radius 1 is 1.12 bits per heavy atom. The van der Waals surface area contributed by atoms with Gasteiger partial charge in [-0.15, -0.1) is 0 Å². The van der Waals surface area contributed by atoms with Crippen LogP contribution in [0.3, 0.4) is 0 Å². The van der Waals surface area contributed by atoms with Gasteiger partial charge in [0.1, 0.15) is 11.6 Å². The summed E-state index contributed by atoms with van der Waals surface area (Å²) in [6.07, 6.45) is 5.79. The zero-order valence-electron chi connectivity index (χ0n) is 15.6. The molecule has 0 bridgehead atoms. The van der Waals surface area contributed by atoms with E-state index in [1.165, 1.54) is 0 Å². The highest BCUT2D eigenvalue weighted by Crippen LogP contribution is 2.28. The lowest BCUT2D eigenvalue weighted by Crippen LogP contribution is -2.36. The second-order valence-electron chi connectivity index (χ2n) is 7.04. The highest BCUT2D eigenvalue weighted by molar-refractivity contribution is 5.39. The standard InChI is InChI=1S/C18H27N7/c1-23(2)13-15-11-16(24(3)4)22-17(21-15)14-7-5-10-25(12-14)18-19-8-6-9-20-18/h6,8-9,11,14H,5,7,10,12-13H2,1-4H3/t14-/m0/s1. The highest BCUT2D eigenvalue weighted by Gasteiger charge is 2.26. The summed E-state index contributed by atoms with van der Waals surface area (Å²) in [6.45, 7) is 2.66. The maximum atomic E-state index is 4.86. The lowest BCUT2D eigenvalue weighted by Gasteiger charge is -2.32. The van der Waals surface area contributed by atoms with Crippen LogP contribution in [0.15, 0.2) is 24.5 Å². The maximum Gasteiger partial charge on any atom is 0.225 e. The molecule has 0 spiro atoms. The molecule has 0 aromatic carbocycles. The van der Waals surface area contributed by atoms with Crippen LogP contribution < -0.4 is 9.80 Å². The van der Waals surface area contributed by atoms with Gasteiger partial charge >= 0.3 is 0 Å². The minimum atomic E-state index is 0.304. The zero-order valence-corrected chi connectivity index (χ0v) is 15.6. The van der Waals surface area contributed by atoms with Crippen molar-refractivity contribution in [2.45, 2.75) is 25.3 Å². The van der Waals surface area contributed by atoms with Gasteiger partial charge in [0.05, 0.1) is 5.69 Å². The van der Waals surface area contributed by atoms with Gasteiger partial charge in [-0.1, -0.05) is 0 Å². The summed E-state index contributed by atoms with van der Waals surface area (Å²) in [5.41, 5.74) is 1.06. The number of rotatable bonds is 5. The highest BCUT2D eigenvalue weighted by atomic mass is 15.3. The molecule has 0 saturated carbocycles. The Morgan fingerprint density at radius 3 is 2.56 bits per heavy atom. The van der Waals surface area contributed by atoms with Crippen molar-refractivity contribution in [2.75, 3.05) is 51.1 Å². The van der Waals surface area contributed by atoms with Crippen molar-refractivity contribution in [2.24, 2.45) is 0 Å². The average Bonchev–Trinajstić information content (AvgIpc) is 2.62. The minimum absolute atomic E-state index is 0.304. The topological polar surface area (TPSA) is 61.3 Å². The lowest BCUT2D eigenvalue weighted by molar-refractivity contribution is 0.394. The van der Waals surface area contributed by atoms with Crippen LogP contribution in [0.4, 0.5) is 11.8 Å². The van der Waals surface area contributed by atoms with E-state index >= 15 is 0 Å². The quantitative estimate of drug-likeness (QED) is 0.821. The van der Waals surface area contributed by atoms with E-state index in [2.05, 4.69) is 39.9 Å². The Morgan fingerprint density at radius 2 is 1.88 bits per heavy atom. The molecule has 2 aromatic heterocycles. The number of hydrogen-bond acceptors (Lipinski definition) is 7. The van der Waals surface area contributed by atoms with Gasteiger partial charge in [0.15, 0.2) is 0 Å². The van der Waals surface area contributed by atoms with Crippen LogP contribution in [-0.2, 0) is 6.54 Å². The van der Waals surface area contributed by atoms with E-state index in [0.29, 0.717) is 5.92 Å². The van der Waals surface area contributed by atoms with Crippen LogP contribution in [0.5, 0.6) is 0 Å². The van der Waals surface area contributed by atoms with E-state index in [9.17, 15) is 0 Å². The van der Waals surface area contributed by atoms with Gasteiger partial charge in [-0.2, -0.15) is 0 Å². The predicted octanol–water partition coefficient (Wildman–Crippen LogP) is 1.78. The minimum Gasteiger partial charge on any atom is -0.363 e. The van der Waals surface area contributed by atoms with Gasteiger partial charge in [-0.25, -0.2) is 19.9 Å². The SMILES string of the molecule is CN(C)Cc1cc(N(C)C)nc([C@H]2CCCN(c3ncccn3)C2)n1. The van der Waals surface area contributed by atoms with Crippen molar-refractivity contribution in [3.8, 4) is 0 Å². The van der Waals surface area contributed by atoms with Crippen molar-refractivity contribution in [1.29, 1.82) is 0 Å². The molecule has 7 heteroatoms. The molecule has 134 valence electrons. The Kier molecular flexibility index (Phi) is 5.43. The first-order valence-electron chi connectivity index (χ1n) is 8.75. The molecule has 3 rings (SSSR count). The average molecular weight is 341 g/mol. The van der Waals surface area contributed by atoms with Gasteiger partial charge in [-0.05, 0) is 33.0 Å². The lowest BCUT2D eigenvalue weighted by atomic mass is 9.97. The molecule has 1 saturated heterocycles.